The highest BCUT2D eigenvalue weighted by atomic mass is 32.1. The smallest absolute Gasteiger partial charge is 0.231 e. The topological polar surface area (TPSA) is 81.5 Å². The molecule has 3 rings (SSSR count). The van der Waals surface area contributed by atoms with E-state index in [-0.39, 0.29) is 12.3 Å². The van der Waals surface area contributed by atoms with Crippen LogP contribution in [0.3, 0.4) is 0 Å². The summed E-state index contributed by atoms with van der Waals surface area (Å²) in [5.74, 6) is -0.0525. The number of rotatable bonds is 10. The van der Waals surface area contributed by atoms with Crippen molar-refractivity contribution in [2.75, 3.05) is 51.3 Å². The van der Waals surface area contributed by atoms with Crippen molar-refractivity contribution in [3.8, 4) is 6.07 Å². The van der Waals surface area contributed by atoms with E-state index in [9.17, 15) is 4.79 Å². The van der Waals surface area contributed by atoms with Crippen molar-refractivity contribution in [1.29, 1.82) is 5.26 Å². The highest BCUT2D eigenvalue weighted by Crippen LogP contribution is 2.18. The fraction of sp³-hybridized carbons (Fsp3) is 0.522. The first-order valence-electron chi connectivity index (χ1n) is 10.7. The third-order valence-electron chi connectivity index (χ3n) is 5.34. The van der Waals surface area contributed by atoms with Crippen molar-refractivity contribution in [3.63, 3.8) is 0 Å². The Labute approximate surface area is 188 Å². The van der Waals surface area contributed by atoms with Crippen LogP contribution in [-0.2, 0) is 22.5 Å². The molecule has 166 valence electrons. The average Bonchev–Trinajstić information content (AvgIpc) is 3.20. The molecule has 1 N–H and O–H groups in total. The largest absolute Gasteiger partial charge is 0.379 e. The van der Waals surface area contributed by atoms with Gasteiger partial charge in [0.2, 0.25) is 5.91 Å². The normalized spacial score (nSPS) is 14.5. The molecule has 1 aliphatic heterocycles. The minimum atomic E-state index is -0.0525. The van der Waals surface area contributed by atoms with Gasteiger partial charge in [-0.25, -0.2) is 4.98 Å². The highest BCUT2D eigenvalue weighted by Gasteiger charge is 2.15. The lowest BCUT2D eigenvalue weighted by Gasteiger charge is -2.29. The van der Waals surface area contributed by atoms with E-state index < -0.39 is 0 Å². The molecule has 8 heteroatoms. The van der Waals surface area contributed by atoms with E-state index >= 15 is 0 Å². The number of aromatic nitrogens is 1. The molecule has 2 aromatic rings. The van der Waals surface area contributed by atoms with Crippen molar-refractivity contribution < 1.29 is 9.53 Å². The van der Waals surface area contributed by atoms with Gasteiger partial charge in [-0.2, -0.15) is 5.26 Å². The summed E-state index contributed by atoms with van der Waals surface area (Å²) in [4.78, 5) is 21.8. The van der Waals surface area contributed by atoms with Crippen LogP contribution in [0.25, 0.3) is 0 Å². The van der Waals surface area contributed by atoms with E-state index in [0.29, 0.717) is 13.0 Å². The van der Waals surface area contributed by atoms with Gasteiger partial charge >= 0.3 is 0 Å². The first-order chi connectivity index (χ1) is 15.0. The Kier molecular flexibility index (Phi) is 8.98. The molecule has 7 nitrogen and oxygen atoms in total. The molecule has 0 unspecified atom stereocenters. The summed E-state index contributed by atoms with van der Waals surface area (Å²) in [7, 11) is 0. The zero-order chi connectivity index (χ0) is 22.1. The number of thiazole rings is 1. The highest BCUT2D eigenvalue weighted by molar-refractivity contribution is 7.09. The summed E-state index contributed by atoms with van der Waals surface area (Å²) in [6, 6.07) is 8.28. The van der Waals surface area contributed by atoms with Gasteiger partial charge < -0.3 is 10.1 Å². The predicted molar refractivity (Wildman–Crippen MR) is 123 cm³/mol. The van der Waals surface area contributed by atoms with Crippen molar-refractivity contribution in [1.82, 2.24) is 14.8 Å². The van der Waals surface area contributed by atoms with Crippen LogP contribution in [0.5, 0.6) is 0 Å². The molecule has 1 fully saturated rings. The monoisotopic (exact) mass is 441 g/mol. The van der Waals surface area contributed by atoms with Crippen molar-refractivity contribution >= 4 is 22.9 Å². The van der Waals surface area contributed by atoms with Crippen LogP contribution in [0, 0.1) is 25.2 Å². The third-order valence-corrected chi connectivity index (χ3v) is 6.24. The number of nitrogens with one attached hydrogen (secondary N) is 1. The number of carbonyl (C=O) groups is 1. The first-order valence-corrected chi connectivity index (χ1v) is 11.6. The standard InChI is InChI=1S/C23H31N5O2S/c1-18-4-5-19(2)21(14-18)26-22(29)15-23-25-20(17-31-23)16-28(7-3-6-24)9-8-27-10-12-30-13-11-27/h4-5,14,17H,3,7-13,15-16H2,1-2H3,(H,26,29). The zero-order valence-electron chi connectivity index (χ0n) is 18.4. The second-order valence-electron chi connectivity index (χ2n) is 7.91. The number of amides is 1. The van der Waals surface area contributed by atoms with Crippen LogP contribution in [0.1, 0.15) is 28.2 Å². The third kappa shape index (κ3) is 7.71. The Balaban J connectivity index is 1.52. The SMILES string of the molecule is Cc1ccc(C)c(NC(=O)Cc2nc(CN(CCC#N)CCN3CCOCC3)cs2)c1. The Morgan fingerprint density at radius 1 is 1.32 bits per heavy atom. The molecule has 31 heavy (non-hydrogen) atoms. The number of ether oxygens (including phenoxy) is 1. The summed E-state index contributed by atoms with van der Waals surface area (Å²) in [5, 5.41) is 14.8. The molecule has 1 aromatic carbocycles. The van der Waals surface area contributed by atoms with Gasteiger partial charge in [-0.1, -0.05) is 12.1 Å². The van der Waals surface area contributed by atoms with E-state index in [4.69, 9.17) is 10.00 Å². The molecule has 0 radical (unpaired) electrons. The molecule has 1 amide bonds. The van der Waals surface area contributed by atoms with E-state index in [1.54, 1.807) is 0 Å². The van der Waals surface area contributed by atoms with Gasteiger partial charge in [0, 0.05) is 56.8 Å². The number of nitrogens with zero attached hydrogens (tertiary/aromatic N) is 4. The van der Waals surface area contributed by atoms with Gasteiger partial charge in [0.25, 0.3) is 0 Å². The maximum atomic E-state index is 12.5. The molecule has 0 spiro atoms. The van der Waals surface area contributed by atoms with Gasteiger partial charge in [0.1, 0.15) is 5.01 Å². The van der Waals surface area contributed by atoms with Crippen LogP contribution >= 0.6 is 11.3 Å². The summed E-state index contributed by atoms with van der Waals surface area (Å²) in [6.07, 6.45) is 0.766. The van der Waals surface area contributed by atoms with Crippen LogP contribution in [0.2, 0.25) is 0 Å². The number of hydrogen-bond acceptors (Lipinski definition) is 7. The van der Waals surface area contributed by atoms with Crippen molar-refractivity contribution in [3.05, 3.63) is 45.4 Å². The lowest BCUT2D eigenvalue weighted by atomic mass is 10.1. The van der Waals surface area contributed by atoms with Crippen LogP contribution in [0.4, 0.5) is 5.69 Å². The number of hydrogen-bond donors (Lipinski definition) is 1. The van der Waals surface area contributed by atoms with E-state index in [2.05, 4.69) is 26.2 Å². The Hall–Kier alpha value is -2.31. The lowest BCUT2D eigenvalue weighted by molar-refractivity contribution is -0.115. The molecular formula is C23H31N5O2S. The predicted octanol–water partition coefficient (Wildman–Crippen LogP) is 2.99. The molecule has 0 saturated carbocycles. The number of nitriles is 1. The minimum Gasteiger partial charge on any atom is -0.379 e. The molecule has 1 aromatic heterocycles. The Morgan fingerprint density at radius 3 is 2.90 bits per heavy atom. The summed E-state index contributed by atoms with van der Waals surface area (Å²) >= 11 is 1.52. The van der Waals surface area contributed by atoms with Gasteiger partial charge in [0.05, 0.1) is 31.4 Å². The van der Waals surface area contributed by atoms with Gasteiger partial charge in [-0.15, -0.1) is 11.3 Å². The quantitative estimate of drug-likeness (QED) is 0.610. The Bertz CT molecular complexity index is 902. The molecule has 0 atom stereocenters. The fourth-order valence-corrected chi connectivity index (χ4v) is 4.30. The number of aryl methyl sites for hydroxylation is 2. The number of carbonyl (C=O) groups excluding carboxylic acids is 1. The van der Waals surface area contributed by atoms with Gasteiger partial charge in [-0.05, 0) is 31.0 Å². The van der Waals surface area contributed by atoms with Crippen LogP contribution in [-0.4, -0.2) is 66.6 Å². The maximum absolute atomic E-state index is 12.5. The van der Waals surface area contributed by atoms with Crippen molar-refractivity contribution in [2.45, 2.75) is 33.2 Å². The summed E-state index contributed by atoms with van der Waals surface area (Å²) < 4.78 is 5.41. The van der Waals surface area contributed by atoms with E-state index in [1.165, 1.54) is 11.3 Å². The van der Waals surface area contributed by atoms with Crippen molar-refractivity contribution in [2.24, 2.45) is 0 Å². The molecule has 0 bridgehead atoms. The molecule has 1 saturated heterocycles. The lowest BCUT2D eigenvalue weighted by Crippen LogP contribution is -2.41. The van der Waals surface area contributed by atoms with Gasteiger partial charge in [0.15, 0.2) is 0 Å². The van der Waals surface area contributed by atoms with E-state index in [0.717, 1.165) is 73.5 Å². The molecule has 1 aliphatic rings. The number of anilines is 1. The Morgan fingerprint density at radius 2 is 2.13 bits per heavy atom. The maximum Gasteiger partial charge on any atom is 0.231 e. The summed E-state index contributed by atoms with van der Waals surface area (Å²) in [5.41, 5.74) is 3.98. The van der Waals surface area contributed by atoms with Crippen LogP contribution in [0.15, 0.2) is 23.6 Å². The minimum absolute atomic E-state index is 0.0525. The average molecular weight is 442 g/mol. The zero-order valence-corrected chi connectivity index (χ0v) is 19.2. The van der Waals surface area contributed by atoms with Crippen LogP contribution < -0.4 is 5.32 Å². The molecule has 2 heterocycles. The number of benzene rings is 1. The fourth-order valence-electron chi connectivity index (χ4n) is 3.52. The molecule has 0 aliphatic carbocycles. The van der Waals surface area contributed by atoms with Gasteiger partial charge in [-0.3, -0.25) is 14.6 Å². The number of morpholine rings is 1. The second kappa shape index (κ2) is 11.9. The second-order valence-corrected chi connectivity index (χ2v) is 8.86. The molecular weight excluding hydrogens is 410 g/mol. The summed E-state index contributed by atoms with van der Waals surface area (Å²) in [6.45, 7) is 10.8. The van der Waals surface area contributed by atoms with E-state index in [1.807, 2.05) is 37.4 Å². The first kappa shape index (κ1) is 23.4.